The van der Waals surface area contributed by atoms with Crippen LogP contribution in [0, 0.1) is 29.2 Å². The molecule has 0 unspecified atom stereocenters. The molecule has 2 aromatic heterocycles. The Kier molecular flexibility index (Phi) is 25.6. The maximum Gasteiger partial charge on any atom is 0.315 e. The Bertz CT molecular complexity index is 5240. The number of thiazole rings is 1. The highest BCUT2D eigenvalue weighted by Gasteiger charge is 2.53. The minimum absolute atomic E-state index is 0.0118. The molecular weight excluding hydrogens is 1600 g/mol. The number of nitrogens with two attached hydrogens (primary N) is 4. The number of imidazole rings is 1. The van der Waals surface area contributed by atoms with Crippen molar-refractivity contribution < 1.29 is 83.9 Å². The van der Waals surface area contributed by atoms with Crippen LogP contribution in [0.4, 0.5) is 49.1 Å². The van der Waals surface area contributed by atoms with E-state index in [-0.39, 0.29) is 95.0 Å². The summed E-state index contributed by atoms with van der Waals surface area (Å²) < 4.78 is 191. The van der Waals surface area contributed by atoms with E-state index in [9.17, 15) is 79.2 Å². The molecule has 0 saturated heterocycles. The molecular formula is C72H96F6N18O13S5. The van der Waals surface area contributed by atoms with Crippen molar-refractivity contribution in [3.05, 3.63) is 142 Å². The van der Waals surface area contributed by atoms with Crippen molar-refractivity contribution >= 4 is 126 Å². The van der Waals surface area contributed by atoms with E-state index in [1.165, 1.54) is 164 Å². The zero-order valence-corrected chi connectivity index (χ0v) is 70.1. The third-order valence-electron chi connectivity index (χ3n) is 20.7. The first-order valence-electron chi connectivity index (χ1n) is 35.2. The van der Waals surface area contributed by atoms with Crippen molar-refractivity contribution in [1.82, 2.24) is 26.6 Å². The lowest BCUT2D eigenvalue weighted by Gasteiger charge is -2.29. The van der Waals surface area contributed by atoms with Crippen molar-refractivity contribution in [1.29, 1.82) is 0 Å². The van der Waals surface area contributed by atoms with E-state index >= 15 is 0 Å². The minimum Gasteiger partial charge on any atom is -0.386 e. The number of rotatable bonds is 13. The largest absolute Gasteiger partial charge is 0.386 e. The number of halogens is 6. The summed E-state index contributed by atoms with van der Waals surface area (Å²) in [5, 5.41) is 12.0. The van der Waals surface area contributed by atoms with Crippen LogP contribution in [0.1, 0.15) is 136 Å². The van der Waals surface area contributed by atoms with Gasteiger partial charge in [-0.15, -0.1) is 11.3 Å². The average Bonchev–Trinajstić information content (AvgIpc) is 1.62. The topological polar surface area (TPSA) is 446 Å². The number of fused-ring (bicyclic) bond motifs is 1. The van der Waals surface area contributed by atoms with E-state index in [1.54, 1.807) is 44.5 Å². The van der Waals surface area contributed by atoms with Crippen LogP contribution in [0.3, 0.4) is 0 Å². The molecule has 6 heterocycles. The van der Waals surface area contributed by atoms with Crippen molar-refractivity contribution in [2.45, 2.75) is 157 Å². The van der Waals surface area contributed by atoms with E-state index in [1.807, 2.05) is 10.7 Å². The van der Waals surface area contributed by atoms with Gasteiger partial charge in [0.2, 0.25) is 46.0 Å². The van der Waals surface area contributed by atoms with Crippen LogP contribution in [0.15, 0.2) is 111 Å². The zero-order chi connectivity index (χ0) is 85.9. The van der Waals surface area contributed by atoms with Gasteiger partial charge in [0, 0.05) is 130 Å². The van der Waals surface area contributed by atoms with E-state index in [0.717, 1.165) is 48.3 Å². The molecule has 4 aliphatic heterocycles. The average molecular weight is 1700 g/mol. The number of alkyl halides is 2. The number of likely N-dealkylation sites (N-methyl/N-ethyl adjacent to an activating group) is 4. The molecule has 4 aromatic carbocycles. The second-order valence-corrected chi connectivity index (χ2v) is 42.3. The van der Waals surface area contributed by atoms with Gasteiger partial charge in [-0.1, -0.05) is 0 Å². The first-order valence-corrected chi connectivity index (χ1v) is 41.8. The van der Waals surface area contributed by atoms with Gasteiger partial charge in [-0.2, -0.15) is 8.78 Å². The fourth-order valence-electron chi connectivity index (χ4n) is 12.7. The standard InChI is InChI=1S/C20H23FN6O3S2.C18H27FN4O4S.C18H25FN4O3S.C16H21F3N4O3S/c1-19(2)17(22)25-20(3,11-26(4)32(19,29)30)13-9-12(5-6-14(13)21)23-16(28)15-10-27-7-8-31-18(27)24-15;1-11(27-6)15(24)21-12-7-8-14(19)13(9-12)18(4)10-23(5)28(25,26)17(2,3)16(20)22-18;1-17(2)16(20)22-18(3,10-23(4)27(17,25)26)13-9-12(7-8-14(13)19)21-15(24)11-5-6-11;1-15(2)14(20)22-16(3,8-23(4)27(15,25)26)10-7-9(5-6-11(10)17)21-13(24)12(18)19/h5-10H,11H2,1-4H3,(H2,22,25)(H,23,28);7-9,11H,10H2,1-6H3,(H2,20,22)(H,21,24);7-9,11H,5-6,10H2,1-4H3,(H2,20,22)(H,21,24);5-7,12H,8H2,1-4H3,(H2,20,22)(H,21,24)/t20-;11-,18-;18-;16-/m0000/s1. The molecule has 1 aliphatic carbocycles. The summed E-state index contributed by atoms with van der Waals surface area (Å²) in [6.45, 7) is 19.0. The Morgan fingerprint density at radius 1 is 0.482 bits per heavy atom. The predicted molar refractivity (Wildman–Crippen MR) is 426 cm³/mol. The van der Waals surface area contributed by atoms with Crippen LogP contribution in [0.25, 0.3) is 4.96 Å². The van der Waals surface area contributed by atoms with Crippen LogP contribution < -0.4 is 44.2 Å². The first-order chi connectivity index (χ1) is 52.2. The van der Waals surface area contributed by atoms with Crippen LogP contribution in [0.2, 0.25) is 0 Å². The third kappa shape index (κ3) is 17.7. The smallest absolute Gasteiger partial charge is 0.315 e. The van der Waals surface area contributed by atoms with Crippen molar-refractivity contribution in [3.8, 4) is 0 Å². The van der Waals surface area contributed by atoms with Gasteiger partial charge in [-0.25, -0.2) is 73.4 Å². The second-order valence-electron chi connectivity index (χ2n) is 31.0. The highest BCUT2D eigenvalue weighted by atomic mass is 32.2. The Morgan fingerprint density at radius 3 is 1.05 bits per heavy atom. The van der Waals surface area contributed by atoms with Crippen molar-refractivity contribution in [2.24, 2.45) is 48.8 Å². The Morgan fingerprint density at radius 2 is 0.772 bits per heavy atom. The number of nitrogens with zero attached hydrogens (tertiary/aromatic N) is 10. The fraction of sp³-hybridized carbons (Fsp3) is 0.486. The molecule has 4 amide bonds. The molecule has 31 nitrogen and oxygen atoms in total. The minimum atomic E-state index is -3.87. The number of benzene rings is 4. The molecule has 6 aromatic rings. The van der Waals surface area contributed by atoms with E-state index < -0.39 is 135 Å². The summed E-state index contributed by atoms with van der Waals surface area (Å²) in [5.41, 5.74) is 20.4. The molecule has 624 valence electrons. The number of nitrogens with one attached hydrogen (secondary N) is 4. The molecule has 1 saturated carbocycles. The number of anilines is 4. The Labute approximate surface area is 662 Å². The number of ether oxygens (including phenoxy) is 1. The maximum atomic E-state index is 14.9. The molecule has 0 radical (unpaired) electrons. The number of aliphatic imine (C=N–C) groups is 4. The summed E-state index contributed by atoms with van der Waals surface area (Å²) in [4.78, 5) is 70.4. The number of amides is 4. The van der Waals surface area contributed by atoms with Crippen LogP contribution in [-0.4, -0.2) is 200 Å². The second kappa shape index (κ2) is 32.2. The number of hydrogen-bond donors (Lipinski definition) is 8. The Hall–Kier alpha value is -9.01. The van der Waals surface area contributed by atoms with Gasteiger partial charge in [0.15, 0.2) is 4.96 Å². The van der Waals surface area contributed by atoms with E-state index in [0.29, 0.717) is 22.0 Å². The van der Waals surface area contributed by atoms with Gasteiger partial charge in [0.1, 0.15) is 99.6 Å². The molecule has 1 fully saturated rings. The first kappa shape index (κ1) is 90.5. The van der Waals surface area contributed by atoms with E-state index in [4.69, 9.17) is 27.7 Å². The summed E-state index contributed by atoms with van der Waals surface area (Å²) in [6.07, 6.45) is 1.18. The highest BCUT2D eigenvalue weighted by Crippen LogP contribution is 2.43. The lowest BCUT2D eigenvalue weighted by molar-refractivity contribution is -0.126. The molecule has 114 heavy (non-hydrogen) atoms. The molecule has 5 aliphatic rings. The van der Waals surface area contributed by atoms with Gasteiger partial charge in [0.05, 0.1) is 0 Å². The number of sulfonamides is 4. The maximum absolute atomic E-state index is 14.9. The lowest BCUT2D eigenvalue weighted by Crippen LogP contribution is -2.50. The number of hydrogen-bond acceptors (Lipinski definition) is 23. The van der Waals surface area contributed by atoms with Crippen molar-refractivity contribution in [2.75, 3.05) is 82.7 Å². The highest BCUT2D eigenvalue weighted by molar-refractivity contribution is 7.92. The van der Waals surface area contributed by atoms with Gasteiger partial charge in [-0.3, -0.25) is 43.5 Å². The summed E-state index contributed by atoms with van der Waals surface area (Å²) in [6, 6.07) is 15.6. The van der Waals surface area contributed by atoms with Crippen LogP contribution in [0.5, 0.6) is 0 Å². The van der Waals surface area contributed by atoms with Gasteiger partial charge in [0.25, 0.3) is 17.7 Å². The summed E-state index contributed by atoms with van der Waals surface area (Å²) in [7, 11) is -8.26. The normalized spacial score (nSPS) is 25.1. The van der Waals surface area contributed by atoms with E-state index in [2.05, 4.69) is 40.9 Å². The number of aromatic nitrogens is 2. The molecule has 0 spiro atoms. The molecule has 11 rings (SSSR count). The molecule has 42 heteroatoms. The number of amidine groups is 4. The molecule has 5 atom stereocenters. The summed E-state index contributed by atoms with van der Waals surface area (Å²) >= 11 is 1.40. The van der Waals surface area contributed by atoms with Gasteiger partial charge < -0.3 is 48.9 Å². The van der Waals surface area contributed by atoms with Gasteiger partial charge >= 0.3 is 6.43 Å². The summed E-state index contributed by atoms with van der Waals surface area (Å²) in [5.74, 6) is -5.43. The fourth-order valence-corrected chi connectivity index (χ4v) is 19.5. The molecule has 0 bridgehead atoms. The predicted octanol–water partition coefficient (Wildman–Crippen LogP) is 7.29. The van der Waals surface area contributed by atoms with Crippen LogP contribution >= 0.6 is 11.3 Å². The molecule has 12 N–H and O–H groups in total. The van der Waals surface area contributed by atoms with Gasteiger partial charge in [-0.05, 0) is 176 Å². The Balaban J connectivity index is 0.000000191. The number of methoxy groups -OCH3 is 1. The lowest BCUT2D eigenvalue weighted by atomic mass is 9.91. The quantitative estimate of drug-likeness (QED) is 0.0526. The monoisotopic (exact) mass is 1690 g/mol. The number of carbonyl (C=O) groups excluding carboxylic acids is 4. The third-order valence-corrected chi connectivity index (χ3v) is 31.3. The zero-order valence-electron chi connectivity index (χ0n) is 66.0. The van der Waals surface area contributed by atoms with Crippen LogP contribution in [-0.2, 0) is 81.4 Å². The van der Waals surface area contributed by atoms with Crippen molar-refractivity contribution in [3.63, 3.8) is 0 Å². The number of carbonyl (C=O) groups is 4. The SMILES string of the molecule is CN1C[C@@](C)(c2cc(NC(=O)C(F)F)ccc2F)N=C(N)C(C)(C)S1(=O)=O.CN1C[C@@](C)(c2cc(NC(=O)C3CC3)ccc2F)N=C(N)C(C)(C)S1(=O)=O.CN1C[C@@](C)(c2cc(NC(=O)c3cn4ccsc4n3)ccc2F)N=C(N)C(C)(C)S1(=O)=O.CO[C@@H](C)C(=O)Nc1ccc(F)c([C@]2(C)CN(C)S(=O)(=O)C(C)(C)C(N)=N2)c1.